The number of hydrogen-bond acceptors (Lipinski definition) is 7. The number of Topliss-reactive ketones (excluding diaryl/α,β-unsaturated/α-hetero) is 1. The first-order valence-electron chi connectivity index (χ1n) is 12.1. The molecule has 0 fully saturated rings. The van der Waals surface area contributed by atoms with Gasteiger partial charge in [0, 0.05) is 39.8 Å². The van der Waals surface area contributed by atoms with Crippen molar-refractivity contribution in [3.8, 4) is 0 Å². The summed E-state index contributed by atoms with van der Waals surface area (Å²) < 4.78 is 67.6. The Labute approximate surface area is 231 Å². The molecular formula is C29H24N2O7S2. The minimum Gasteiger partial charge on any atom is -0.354 e. The van der Waals surface area contributed by atoms with Gasteiger partial charge in [0.1, 0.15) is 4.90 Å². The Morgan fingerprint density at radius 3 is 2.27 bits per heavy atom. The second-order valence-electron chi connectivity index (χ2n) is 9.53. The van der Waals surface area contributed by atoms with Crippen LogP contribution in [0.15, 0.2) is 88.7 Å². The normalized spacial score (nSPS) is 12.1. The molecule has 1 aromatic heterocycles. The Kier molecular flexibility index (Phi) is 6.92. The zero-order valence-electron chi connectivity index (χ0n) is 21.4. The fourth-order valence-corrected chi connectivity index (χ4v) is 6.07. The number of hydrogen-bond donors (Lipinski definition) is 3. The van der Waals surface area contributed by atoms with E-state index in [1.54, 1.807) is 37.3 Å². The average Bonchev–Trinajstić information content (AvgIpc) is 2.87. The van der Waals surface area contributed by atoms with Crippen LogP contribution >= 0.6 is 0 Å². The number of ketones is 1. The van der Waals surface area contributed by atoms with E-state index >= 15 is 0 Å². The number of anilines is 2. The van der Waals surface area contributed by atoms with Gasteiger partial charge < -0.3 is 5.32 Å². The maximum Gasteiger partial charge on any atom is 0.295 e. The third-order valence-electron chi connectivity index (χ3n) is 6.47. The van der Waals surface area contributed by atoms with Crippen LogP contribution in [0, 0.1) is 13.8 Å². The third-order valence-corrected chi connectivity index (χ3v) is 8.17. The van der Waals surface area contributed by atoms with Crippen LogP contribution in [0.4, 0.5) is 11.4 Å². The Hall–Kier alpha value is -4.16. The van der Waals surface area contributed by atoms with E-state index < -0.39 is 30.0 Å². The average molecular weight is 577 g/mol. The van der Waals surface area contributed by atoms with Gasteiger partial charge in [-0.3, -0.25) is 18.9 Å². The first-order chi connectivity index (χ1) is 18.8. The molecule has 0 aliphatic carbocycles. The van der Waals surface area contributed by atoms with Gasteiger partial charge in [-0.2, -0.15) is 16.8 Å². The van der Waals surface area contributed by atoms with E-state index in [2.05, 4.69) is 10.3 Å². The lowest BCUT2D eigenvalue weighted by Crippen LogP contribution is -2.06. The molecule has 0 saturated carbocycles. The number of carbonyl (C=O) groups excluding carboxylic acids is 1. The van der Waals surface area contributed by atoms with Gasteiger partial charge in [-0.05, 0) is 67.3 Å². The molecule has 3 N–H and O–H groups in total. The molecule has 1 heterocycles. The van der Waals surface area contributed by atoms with E-state index in [0.29, 0.717) is 33.9 Å². The number of aromatic nitrogens is 1. The van der Waals surface area contributed by atoms with Crippen LogP contribution in [0.3, 0.4) is 0 Å². The molecule has 40 heavy (non-hydrogen) atoms. The zero-order chi connectivity index (χ0) is 28.8. The monoisotopic (exact) mass is 576 g/mol. The lowest BCUT2D eigenvalue weighted by Gasteiger charge is -2.16. The van der Waals surface area contributed by atoms with Gasteiger partial charge in [0.05, 0.1) is 10.4 Å². The molecule has 0 aliphatic heterocycles. The molecule has 0 aliphatic rings. The van der Waals surface area contributed by atoms with Crippen LogP contribution in [0.5, 0.6) is 0 Å². The Morgan fingerprint density at radius 1 is 0.825 bits per heavy atom. The van der Waals surface area contributed by atoms with Gasteiger partial charge in [-0.25, -0.2) is 0 Å². The Bertz CT molecular complexity index is 2050. The summed E-state index contributed by atoms with van der Waals surface area (Å²) in [4.78, 5) is 16.2. The van der Waals surface area contributed by atoms with Crippen molar-refractivity contribution < 1.29 is 30.7 Å². The van der Waals surface area contributed by atoms with Crippen LogP contribution < -0.4 is 5.32 Å². The van der Waals surface area contributed by atoms with Crippen LogP contribution in [-0.2, 0) is 26.7 Å². The molecule has 0 unspecified atom stereocenters. The van der Waals surface area contributed by atoms with Crippen molar-refractivity contribution in [2.45, 2.75) is 30.1 Å². The molecule has 5 rings (SSSR count). The fourth-order valence-electron chi connectivity index (χ4n) is 4.69. The quantitative estimate of drug-likeness (QED) is 0.164. The minimum atomic E-state index is -4.89. The van der Waals surface area contributed by atoms with Crippen molar-refractivity contribution in [3.05, 3.63) is 101 Å². The van der Waals surface area contributed by atoms with Crippen LogP contribution in [0.25, 0.3) is 21.7 Å². The van der Waals surface area contributed by atoms with Crippen LogP contribution in [0.1, 0.15) is 27.2 Å². The van der Waals surface area contributed by atoms with Crippen molar-refractivity contribution >= 4 is 59.1 Å². The number of benzene rings is 4. The summed E-state index contributed by atoms with van der Waals surface area (Å²) in [7, 11) is -9.65. The highest BCUT2D eigenvalue weighted by Gasteiger charge is 2.23. The summed E-state index contributed by atoms with van der Waals surface area (Å²) >= 11 is 0. The summed E-state index contributed by atoms with van der Waals surface area (Å²) in [5, 5.41) is 4.07. The van der Waals surface area contributed by atoms with Crippen LogP contribution in [0.2, 0.25) is 0 Å². The molecule has 5 aromatic rings. The topological polar surface area (TPSA) is 151 Å². The van der Waals surface area contributed by atoms with E-state index in [4.69, 9.17) is 0 Å². The molecule has 0 spiro atoms. The highest BCUT2D eigenvalue weighted by molar-refractivity contribution is 7.86. The van der Waals surface area contributed by atoms with Gasteiger partial charge in [-0.15, -0.1) is 0 Å². The molecular weight excluding hydrogens is 552 g/mol. The fraction of sp³-hybridized carbons (Fsp3) is 0.103. The maximum atomic E-state index is 12.9. The number of fused-ring (bicyclic) bond motifs is 2. The standard InChI is InChI=1S/C29H24N2O7S2/c1-17-5-3-6-20(11-17)27(32)14-19-9-10-24-23(13-19)26(12-18(2)30-24)31-25-8-4-7-21-15-22(39(33,34)35)16-28(29(21)25)40(36,37)38/h3-13,15-16H,14H2,1-2H3,(H,30,31)(H,33,34,35)(H,36,37,38). The van der Waals surface area contributed by atoms with Crippen molar-refractivity contribution in [2.24, 2.45) is 0 Å². The molecule has 11 heteroatoms. The molecule has 0 bridgehead atoms. The number of aryl methyl sites for hydroxylation is 2. The Morgan fingerprint density at radius 2 is 1.57 bits per heavy atom. The largest absolute Gasteiger partial charge is 0.354 e. The van der Waals surface area contributed by atoms with Gasteiger partial charge in [0.2, 0.25) is 0 Å². The summed E-state index contributed by atoms with van der Waals surface area (Å²) in [6.45, 7) is 3.72. The summed E-state index contributed by atoms with van der Waals surface area (Å²) in [6, 6.07) is 21.0. The second kappa shape index (κ2) is 10.1. The van der Waals surface area contributed by atoms with E-state index in [9.17, 15) is 30.7 Å². The SMILES string of the molecule is Cc1cccc(C(=O)Cc2ccc3nc(C)cc(Nc4cccc5cc(S(=O)(=O)O)cc(S(=O)(=O)O)c45)c3c2)c1. The number of pyridine rings is 1. The predicted molar refractivity (Wildman–Crippen MR) is 153 cm³/mol. The third kappa shape index (κ3) is 5.58. The summed E-state index contributed by atoms with van der Waals surface area (Å²) in [5.74, 6) is -0.0425. The number of rotatable bonds is 7. The molecule has 204 valence electrons. The van der Waals surface area contributed by atoms with Gasteiger partial charge >= 0.3 is 0 Å². The summed E-state index contributed by atoms with van der Waals surface area (Å²) in [6.07, 6.45) is 0.159. The zero-order valence-corrected chi connectivity index (χ0v) is 23.0. The van der Waals surface area contributed by atoms with Crippen LogP contribution in [-0.4, -0.2) is 36.7 Å². The molecule has 4 aromatic carbocycles. The van der Waals surface area contributed by atoms with E-state index in [1.807, 2.05) is 37.3 Å². The van der Waals surface area contributed by atoms with Gasteiger partial charge in [0.15, 0.2) is 5.78 Å². The van der Waals surface area contributed by atoms with Crippen molar-refractivity contribution in [2.75, 3.05) is 5.32 Å². The molecule has 0 atom stereocenters. The highest BCUT2D eigenvalue weighted by atomic mass is 32.2. The molecule has 9 nitrogen and oxygen atoms in total. The maximum absolute atomic E-state index is 12.9. The van der Waals surface area contributed by atoms with Crippen molar-refractivity contribution in [1.82, 2.24) is 4.98 Å². The first kappa shape index (κ1) is 27.4. The smallest absolute Gasteiger partial charge is 0.295 e. The van der Waals surface area contributed by atoms with E-state index in [0.717, 1.165) is 17.2 Å². The van der Waals surface area contributed by atoms with Gasteiger partial charge in [-0.1, -0.05) is 42.0 Å². The summed E-state index contributed by atoms with van der Waals surface area (Å²) in [5.41, 5.74) is 4.47. The van der Waals surface area contributed by atoms with Crippen molar-refractivity contribution in [1.29, 1.82) is 0 Å². The number of nitrogens with one attached hydrogen (secondary N) is 1. The first-order valence-corrected chi connectivity index (χ1v) is 15.0. The highest BCUT2D eigenvalue weighted by Crippen LogP contribution is 2.36. The number of carbonyl (C=O) groups is 1. The van der Waals surface area contributed by atoms with E-state index in [1.165, 1.54) is 6.07 Å². The van der Waals surface area contributed by atoms with Crippen molar-refractivity contribution in [3.63, 3.8) is 0 Å². The second-order valence-corrected chi connectivity index (χ2v) is 12.3. The Balaban J connectivity index is 1.63. The van der Waals surface area contributed by atoms with Gasteiger partial charge in [0.25, 0.3) is 20.2 Å². The minimum absolute atomic E-state index is 0.0331. The lowest BCUT2D eigenvalue weighted by molar-refractivity contribution is 0.0993. The molecule has 0 amide bonds. The lowest BCUT2D eigenvalue weighted by atomic mass is 9.99. The van der Waals surface area contributed by atoms with E-state index in [-0.39, 0.29) is 28.7 Å². The number of nitrogens with zero attached hydrogens (tertiary/aromatic N) is 1. The predicted octanol–water partition coefficient (Wildman–Crippen LogP) is 5.67. The molecule has 0 radical (unpaired) electrons. The molecule has 0 saturated heterocycles.